The predicted octanol–water partition coefficient (Wildman–Crippen LogP) is 9.94. The number of aromatic nitrogens is 6. The molecule has 3 aliphatic heterocycles. The van der Waals surface area contributed by atoms with Gasteiger partial charge in [-0.05, 0) is 143 Å². The predicted molar refractivity (Wildman–Crippen MR) is 290 cm³/mol. The van der Waals surface area contributed by atoms with Crippen LogP contribution in [0, 0.1) is 53.0 Å². The Morgan fingerprint density at radius 3 is 1.08 bits per heavy atom. The van der Waals surface area contributed by atoms with Gasteiger partial charge in [0.1, 0.15) is 17.5 Å². The van der Waals surface area contributed by atoms with Gasteiger partial charge in [-0.25, -0.2) is 57.5 Å². The monoisotopic (exact) mass is 1040 g/mol. The third-order valence-electron chi connectivity index (χ3n) is 12.6. The molecule has 0 aliphatic carbocycles. The van der Waals surface area contributed by atoms with Crippen LogP contribution in [-0.4, -0.2) is 118 Å². The summed E-state index contributed by atoms with van der Waals surface area (Å²) >= 11 is 0. The van der Waals surface area contributed by atoms with E-state index in [1.165, 1.54) is 36.4 Å². The third kappa shape index (κ3) is 13.5. The van der Waals surface area contributed by atoms with Crippen molar-refractivity contribution in [2.75, 3.05) is 40.9 Å². The van der Waals surface area contributed by atoms with Crippen LogP contribution in [0.1, 0.15) is 110 Å². The number of carbonyl (C=O) groups excluding carboxylic acids is 3. The highest BCUT2D eigenvalue weighted by Gasteiger charge is 2.47. The van der Waals surface area contributed by atoms with E-state index < -0.39 is 0 Å². The number of anilines is 3. The Bertz CT molecular complexity index is 3280. The van der Waals surface area contributed by atoms with Gasteiger partial charge in [0.15, 0.2) is 0 Å². The van der Waals surface area contributed by atoms with Crippen LogP contribution in [0.4, 0.5) is 45.4 Å². The highest BCUT2D eigenvalue weighted by atomic mass is 19.1. The Morgan fingerprint density at radius 2 is 0.766 bits per heavy atom. The third-order valence-corrected chi connectivity index (χ3v) is 12.6. The number of likely N-dealkylation sites (N-methyl/N-ethyl adjacent to an activating group) is 1. The normalized spacial score (nSPS) is 16.0. The number of rotatable bonds is 6. The van der Waals surface area contributed by atoms with Gasteiger partial charge in [-0.15, -0.1) is 0 Å². The molecule has 0 atom stereocenters. The van der Waals surface area contributed by atoms with Crippen molar-refractivity contribution < 1.29 is 27.6 Å². The Hall–Kier alpha value is -8.82. The minimum atomic E-state index is -0.326. The van der Waals surface area contributed by atoms with Gasteiger partial charge < -0.3 is 14.7 Å². The van der Waals surface area contributed by atoms with Crippen molar-refractivity contribution in [1.29, 1.82) is 0 Å². The molecule has 3 aliphatic rings. The van der Waals surface area contributed by atoms with E-state index in [-0.39, 0.29) is 64.2 Å². The summed E-state index contributed by atoms with van der Waals surface area (Å²) in [6, 6.07) is 17.9. The molecule has 6 aromatic rings. The molecule has 3 aromatic heterocycles. The molecule has 3 aromatic carbocycles. The van der Waals surface area contributed by atoms with Crippen LogP contribution in [0.25, 0.3) is 0 Å². The zero-order valence-electron chi connectivity index (χ0n) is 45.1. The van der Waals surface area contributed by atoms with E-state index in [1.807, 2.05) is 86.0 Å². The number of hydrogen-bond donors (Lipinski definition) is 0. The molecule has 3 saturated heterocycles. The molecule has 0 bridgehead atoms. The van der Waals surface area contributed by atoms with Crippen LogP contribution < -0.4 is 14.7 Å². The minimum Gasteiger partial charge on any atom is -0.318 e. The Labute approximate surface area is 448 Å². The van der Waals surface area contributed by atoms with E-state index in [1.54, 1.807) is 93.2 Å². The average molecular weight is 1040 g/mol. The molecular formula is C59H61F3N12O3. The number of benzene rings is 3. The second-order valence-corrected chi connectivity index (χ2v) is 20.8. The van der Waals surface area contributed by atoms with Gasteiger partial charge >= 0.3 is 18.1 Å². The number of hydrogen-bond acceptors (Lipinski definition) is 9. The number of carbonyl (C=O) groups is 3. The van der Waals surface area contributed by atoms with Crippen molar-refractivity contribution in [2.24, 2.45) is 0 Å². The van der Waals surface area contributed by atoms with Crippen molar-refractivity contribution in [3.63, 3.8) is 0 Å². The molecule has 9 rings (SSSR count). The van der Waals surface area contributed by atoms with Gasteiger partial charge in [0.05, 0.1) is 52.9 Å². The zero-order valence-corrected chi connectivity index (χ0v) is 45.1. The fraction of sp³-hybridized carbons (Fsp3) is 0.339. The van der Waals surface area contributed by atoms with E-state index in [0.29, 0.717) is 77.4 Å². The molecule has 6 amide bonds. The summed E-state index contributed by atoms with van der Waals surface area (Å²) in [6.07, 6.45) is 9.52. The van der Waals surface area contributed by atoms with Gasteiger partial charge in [-0.3, -0.25) is 14.7 Å². The van der Waals surface area contributed by atoms with E-state index in [0.717, 1.165) is 0 Å². The van der Waals surface area contributed by atoms with Crippen molar-refractivity contribution in [3.05, 3.63) is 161 Å². The van der Waals surface area contributed by atoms with E-state index in [9.17, 15) is 27.6 Å². The second-order valence-electron chi connectivity index (χ2n) is 20.8. The van der Waals surface area contributed by atoms with Crippen LogP contribution in [0.15, 0.2) is 110 Å². The van der Waals surface area contributed by atoms with E-state index in [2.05, 4.69) is 65.4 Å². The largest absolute Gasteiger partial charge is 0.327 e. The zero-order chi connectivity index (χ0) is 55.8. The highest BCUT2D eigenvalue weighted by molar-refractivity contribution is 5.95. The fourth-order valence-corrected chi connectivity index (χ4v) is 9.30. The number of halogens is 3. The quantitative estimate of drug-likeness (QED) is 0.149. The first-order chi connectivity index (χ1) is 36.5. The Morgan fingerprint density at radius 1 is 0.442 bits per heavy atom. The molecule has 0 saturated carbocycles. The number of urea groups is 3. The Kier molecular flexibility index (Phi) is 17.0. The van der Waals surface area contributed by atoms with Gasteiger partial charge in [-0.2, -0.15) is 0 Å². The van der Waals surface area contributed by atoms with E-state index in [4.69, 9.17) is 0 Å². The van der Waals surface area contributed by atoms with E-state index >= 15 is 0 Å². The summed E-state index contributed by atoms with van der Waals surface area (Å²) in [6.45, 7) is 24.4. The molecule has 18 heteroatoms. The minimum absolute atomic E-state index is 0.0855. The molecule has 0 N–H and O–H groups in total. The molecule has 15 nitrogen and oxygen atoms in total. The molecule has 3 fully saturated rings. The molecule has 396 valence electrons. The van der Waals surface area contributed by atoms with Crippen molar-refractivity contribution in [2.45, 2.75) is 105 Å². The summed E-state index contributed by atoms with van der Waals surface area (Å²) in [5.41, 5.74) is 3.04. The number of amides is 6. The van der Waals surface area contributed by atoms with Gasteiger partial charge in [0, 0.05) is 72.5 Å². The Balaban J connectivity index is 0.000000168. The maximum atomic E-state index is 13.2. The lowest BCUT2D eigenvalue weighted by Gasteiger charge is -2.32. The summed E-state index contributed by atoms with van der Waals surface area (Å²) in [7, 11) is 0. The smallest absolute Gasteiger partial charge is 0.318 e. The van der Waals surface area contributed by atoms with Crippen molar-refractivity contribution >= 4 is 35.9 Å². The first-order valence-corrected chi connectivity index (χ1v) is 25.1. The molecule has 0 unspecified atom stereocenters. The van der Waals surface area contributed by atoms with Crippen LogP contribution in [0.5, 0.6) is 0 Å². The van der Waals surface area contributed by atoms with Gasteiger partial charge in [-0.1, -0.05) is 41.6 Å². The lowest BCUT2D eigenvalue weighted by Crippen LogP contribution is -2.46. The number of nitrogens with zero attached hydrogens (tertiary/aromatic N) is 12. The topological polar surface area (TPSA) is 148 Å². The molecule has 6 heterocycles. The van der Waals surface area contributed by atoms with Crippen LogP contribution in [0.2, 0.25) is 0 Å². The average Bonchev–Trinajstić information content (AvgIpc) is 3.92. The highest BCUT2D eigenvalue weighted by Crippen LogP contribution is 2.32. The van der Waals surface area contributed by atoms with Gasteiger partial charge in [0.25, 0.3) is 0 Å². The first kappa shape index (κ1) is 55.9. The lowest BCUT2D eigenvalue weighted by atomic mass is 10.0. The first-order valence-electron chi connectivity index (χ1n) is 25.1. The van der Waals surface area contributed by atoms with Crippen LogP contribution >= 0.6 is 0 Å². The van der Waals surface area contributed by atoms with Crippen molar-refractivity contribution in [1.82, 2.24) is 44.6 Å². The molecule has 0 radical (unpaired) electrons. The standard InChI is InChI=1S/2C20H21FN4O.C19H19FN4O/c1-14(2)25-19(26)24(13-20(25,3)4)18-22-11-16(12-23-18)6-5-15-7-9-17(21)10-8-15;1-14(2)25-19(26)24(13-20(25,3)4)18-22-11-16(12-23-18)9-8-15-6-5-7-17(21)10-15;1-4-24-18(25)23(13-19(24,2)3)17-21-11-15(12-22-17)6-5-14-7-9-16(20)10-8-14/h7-12,14H,13H2,1-4H3;5-7,10-12,14H,13H2,1-4H3;7-12H,4,13H2,1-3H3. The summed E-state index contributed by atoms with van der Waals surface area (Å²) in [5.74, 6) is 17.7. The van der Waals surface area contributed by atoms with Crippen molar-refractivity contribution in [3.8, 4) is 35.5 Å². The summed E-state index contributed by atoms with van der Waals surface area (Å²) in [5, 5.41) is 0. The fourth-order valence-electron chi connectivity index (χ4n) is 9.30. The lowest BCUT2D eigenvalue weighted by molar-refractivity contribution is 0.152. The summed E-state index contributed by atoms with van der Waals surface area (Å²) in [4.78, 5) is 73.9. The second kappa shape index (κ2) is 23.4. The molecule has 77 heavy (non-hydrogen) atoms. The van der Waals surface area contributed by atoms with Gasteiger partial charge in [0.2, 0.25) is 17.8 Å². The maximum absolute atomic E-state index is 13.2. The summed E-state index contributed by atoms with van der Waals surface area (Å²) < 4.78 is 39.0. The molecular weight excluding hydrogens is 982 g/mol. The molecule has 0 spiro atoms. The maximum Gasteiger partial charge on any atom is 0.327 e. The SMILES string of the molecule is CC(C)N1C(=O)N(c2ncc(C#Cc3ccc(F)cc3)cn2)CC1(C)C.CC(C)N1C(=O)N(c2ncc(C#Cc3cccc(F)c3)cn2)CC1(C)C.CCN1C(=O)N(c2ncc(C#Cc3ccc(F)cc3)cn2)CC1(C)C. The van der Waals surface area contributed by atoms with Crippen LogP contribution in [-0.2, 0) is 0 Å². The van der Waals surface area contributed by atoms with Crippen LogP contribution in [0.3, 0.4) is 0 Å².